The Labute approximate surface area is 359 Å². The van der Waals surface area contributed by atoms with Gasteiger partial charge in [-0.15, -0.1) is 0 Å². The first kappa shape index (κ1) is 51.9. The molecule has 0 unspecified atom stereocenters. The van der Waals surface area contributed by atoms with Crippen molar-refractivity contribution >= 4 is 70.9 Å². The third-order valence-electron chi connectivity index (χ3n) is 9.26. The number of carbonyl (C=O) groups is 12. The number of rotatable bonds is 25. The van der Waals surface area contributed by atoms with Crippen LogP contribution in [-0.2, 0) is 64.0 Å². The van der Waals surface area contributed by atoms with Gasteiger partial charge in [-0.1, -0.05) is 30.3 Å². The molecule has 346 valence electrons. The second kappa shape index (κ2) is 24.9. The van der Waals surface area contributed by atoms with Gasteiger partial charge >= 0.3 is 5.97 Å². The van der Waals surface area contributed by atoms with Crippen molar-refractivity contribution in [1.82, 2.24) is 42.1 Å². The molecular weight excluding hydrogens is 836 g/mol. The maximum atomic E-state index is 13.3. The Balaban J connectivity index is 2.11. The molecule has 1 aliphatic rings. The molecule has 11 amide bonds. The number of amides is 11. The van der Waals surface area contributed by atoms with E-state index in [0.717, 1.165) is 4.90 Å². The minimum atomic E-state index is -1.94. The molecule has 0 aliphatic carbocycles. The molecule has 0 bridgehead atoms. The van der Waals surface area contributed by atoms with Crippen LogP contribution in [0.25, 0.3) is 0 Å². The lowest BCUT2D eigenvalue weighted by Crippen LogP contribution is -2.61. The van der Waals surface area contributed by atoms with Gasteiger partial charge in [-0.3, -0.25) is 52.7 Å². The number of likely N-dealkylation sites (tertiary alicyclic amines) is 1. The molecule has 8 atom stereocenters. The number of nitrogens with zero attached hydrogens (tertiary/aromatic N) is 1. The fraction of sp³-hybridized carbons (Fsp3) is 0.514. The van der Waals surface area contributed by atoms with Crippen LogP contribution in [0.2, 0.25) is 0 Å². The van der Waals surface area contributed by atoms with E-state index >= 15 is 0 Å². The van der Waals surface area contributed by atoms with Gasteiger partial charge in [0.15, 0.2) is 0 Å². The van der Waals surface area contributed by atoms with E-state index in [1.807, 2.05) is 0 Å². The minimum absolute atomic E-state index is 0.0281. The number of aliphatic hydroxyl groups excluding tert-OH is 1. The molecule has 2 rings (SSSR count). The Morgan fingerprint density at radius 2 is 1.13 bits per heavy atom. The third-order valence-corrected chi connectivity index (χ3v) is 9.26. The summed E-state index contributed by atoms with van der Waals surface area (Å²) in [5.41, 5.74) is 22.1. The van der Waals surface area contributed by atoms with Crippen molar-refractivity contribution in [1.29, 1.82) is 0 Å². The summed E-state index contributed by atoms with van der Waals surface area (Å²) in [4.78, 5) is 152. The second-order valence-electron chi connectivity index (χ2n) is 14.5. The van der Waals surface area contributed by atoms with Crippen molar-refractivity contribution in [2.24, 2.45) is 22.9 Å². The average Bonchev–Trinajstić information content (AvgIpc) is 3.71. The van der Waals surface area contributed by atoms with Gasteiger partial charge in [0.25, 0.3) is 0 Å². The van der Waals surface area contributed by atoms with Crippen LogP contribution in [0.3, 0.4) is 0 Å². The Morgan fingerprint density at radius 1 is 0.651 bits per heavy atom. The van der Waals surface area contributed by atoms with Crippen LogP contribution in [-0.4, -0.2) is 154 Å². The Bertz CT molecular complexity index is 1900. The summed E-state index contributed by atoms with van der Waals surface area (Å²) in [7, 11) is 0. The van der Waals surface area contributed by atoms with E-state index < -0.39 is 152 Å². The van der Waals surface area contributed by atoms with E-state index in [2.05, 4.69) is 37.2 Å². The van der Waals surface area contributed by atoms with Gasteiger partial charge < -0.3 is 75.3 Å². The molecule has 0 radical (unpaired) electrons. The highest BCUT2D eigenvalue weighted by atomic mass is 16.4. The minimum Gasteiger partial charge on any atom is -0.480 e. The van der Waals surface area contributed by atoms with Crippen molar-refractivity contribution in [2.75, 3.05) is 19.7 Å². The standard InChI is InChI=1S/C37H54N12O14/c1-17(38)30(55)44-20(11-19-7-4-3-5-8-19)32(57)42-15-29(54)43-18(2)31(56)45-21(12-26(39)51)34(59)48-24(16-50)35(60)46-22(13-27(40)52)33(58)47-23(14-28(41)53)36(61)49-10-6-9-25(49)37(62)63/h3-5,7-8,17-18,20-25,50H,6,9-16,38H2,1-2H3,(H2,39,51)(H2,40,52)(H2,41,53)(H,42,57)(H,43,54)(H,44,55)(H,45,56)(H,46,60)(H,47,58)(H,48,59)(H,62,63)/t17-,18-,20-,21-,22-,23-,24-,25-/m0/s1. The number of nitrogens with one attached hydrogen (secondary N) is 7. The average molecular weight is 891 g/mol. The third kappa shape index (κ3) is 17.4. The summed E-state index contributed by atoms with van der Waals surface area (Å²) in [5, 5.41) is 35.0. The lowest BCUT2D eigenvalue weighted by atomic mass is 10.0. The number of hydrogen-bond donors (Lipinski definition) is 13. The molecule has 26 heteroatoms. The van der Waals surface area contributed by atoms with Crippen molar-refractivity contribution in [2.45, 2.75) is 101 Å². The summed E-state index contributed by atoms with van der Waals surface area (Å²) in [6.45, 7) is 0.720. The second-order valence-corrected chi connectivity index (χ2v) is 14.5. The van der Waals surface area contributed by atoms with Gasteiger partial charge in [0.1, 0.15) is 42.3 Å². The van der Waals surface area contributed by atoms with Crippen LogP contribution < -0.4 is 60.2 Å². The molecule has 0 spiro atoms. The summed E-state index contributed by atoms with van der Waals surface area (Å²) in [6.07, 6.45) is -2.16. The smallest absolute Gasteiger partial charge is 0.326 e. The van der Waals surface area contributed by atoms with Crippen LogP contribution in [0.15, 0.2) is 30.3 Å². The highest BCUT2D eigenvalue weighted by Crippen LogP contribution is 2.19. The number of primary amides is 3. The molecule has 1 aromatic rings. The zero-order valence-corrected chi connectivity index (χ0v) is 34.4. The molecule has 26 nitrogen and oxygen atoms in total. The van der Waals surface area contributed by atoms with Crippen LogP contribution in [0.5, 0.6) is 0 Å². The number of hydrogen-bond acceptors (Lipinski definition) is 14. The van der Waals surface area contributed by atoms with E-state index in [1.165, 1.54) is 13.8 Å². The normalized spacial score (nSPS) is 16.5. The van der Waals surface area contributed by atoms with Crippen LogP contribution >= 0.6 is 0 Å². The van der Waals surface area contributed by atoms with E-state index in [-0.39, 0.29) is 19.4 Å². The molecule has 0 aromatic heterocycles. The first-order valence-corrected chi connectivity index (χ1v) is 19.4. The van der Waals surface area contributed by atoms with Gasteiger partial charge in [-0.2, -0.15) is 0 Å². The predicted octanol–water partition coefficient (Wildman–Crippen LogP) is -7.68. The highest BCUT2D eigenvalue weighted by molar-refractivity contribution is 6.00. The van der Waals surface area contributed by atoms with Crippen LogP contribution in [0, 0.1) is 0 Å². The molecular formula is C37H54N12O14. The number of carboxylic acid groups (broad SMARTS) is 1. The summed E-state index contributed by atoms with van der Waals surface area (Å²) < 4.78 is 0. The molecule has 1 aromatic carbocycles. The van der Waals surface area contributed by atoms with Gasteiger partial charge in [0.05, 0.1) is 38.5 Å². The topological polar surface area (TPSA) is 437 Å². The Morgan fingerprint density at radius 3 is 1.63 bits per heavy atom. The lowest BCUT2D eigenvalue weighted by Gasteiger charge is -2.28. The Hall–Kier alpha value is -7.22. The van der Waals surface area contributed by atoms with Crippen molar-refractivity contribution in [3.63, 3.8) is 0 Å². The fourth-order valence-corrected chi connectivity index (χ4v) is 6.03. The molecule has 17 N–H and O–H groups in total. The van der Waals surface area contributed by atoms with E-state index in [0.29, 0.717) is 12.0 Å². The molecule has 1 fully saturated rings. The van der Waals surface area contributed by atoms with Gasteiger partial charge in [0, 0.05) is 13.0 Å². The van der Waals surface area contributed by atoms with Gasteiger partial charge in [-0.25, -0.2) is 4.79 Å². The number of carbonyl (C=O) groups excluding carboxylic acids is 11. The summed E-state index contributed by atoms with van der Waals surface area (Å²) in [5.74, 6) is -12.9. The maximum absolute atomic E-state index is 13.3. The zero-order chi connectivity index (χ0) is 47.6. The zero-order valence-electron chi connectivity index (χ0n) is 34.4. The van der Waals surface area contributed by atoms with Crippen molar-refractivity contribution in [3.05, 3.63) is 35.9 Å². The SMILES string of the molecule is C[C@H](N)C(=O)N[C@@H](Cc1ccccc1)C(=O)NCC(=O)N[C@@H](C)C(=O)N[C@@H](CC(N)=O)C(=O)N[C@@H](CO)C(=O)N[C@@H](CC(N)=O)C(=O)N[C@@H](CC(N)=O)C(=O)N1CCC[C@H]1C(=O)O. The van der Waals surface area contributed by atoms with E-state index in [9.17, 15) is 67.7 Å². The highest BCUT2D eigenvalue weighted by Gasteiger charge is 2.39. The molecule has 1 aliphatic heterocycles. The van der Waals surface area contributed by atoms with E-state index in [1.54, 1.807) is 30.3 Å². The quantitative estimate of drug-likeness (QED) is 0.0434. The Kier molecular flexibility index (Phi) is 20.5. The maximum Gasteiger partial charge on any atom is 0.326 e. The van der Waals surface area contributed by atoms with Crippen molar-refractivity contribution < 1.29 is 67.7 Å². The van der Waals surface area contributed by atoms with Crippen LogP contribution in [0.1, 0.15) is 51.5 Å². The number of benzene rings is 1. The number of aliphatic hydroxyl groups is 1. The van der Waals surface area contributed by atoms with Crippen molar-refractivity contribution in [3.8, 4) is 0 Å². The van der Waals surface area contributed by atoms with Gasteiger partial charge in [0.2, 0.25) is 65.0 Å². The fourth-order valence-electron chi connectivity index (χ4n) is 6.03. The predicted molar refractivity (Wildman–Crippen MR) is 215 cm³/mol. The largest absolute Gasteiger partial charge is 0.480 e. The van der Waals surface area contributed by atoms with E-state index in [4.69, 9.17) is 22.9 Å². The number of nitrogens with two attached hydrogens (primary N) is 4. The lowest BCUT2D eigenvalue weighted by molar-refractivity contribution is -0.150. The molecule has 1 saturated heterocycles. The molecule has 1 heterocycles. The first-order valence-electron chi connectivity index (χ1n) is 19.4. The number of carboxylic acids is 1. The monoisotopic (exact) mass is 890 g/mol. The summed E-state index contributed by atoms with van der Waals surface area (Å²) >= 11 is 0. The van der Waals surface area contributed by atoms with Crippen LogP contribution in [0.4, 0.5) is 0 Å². The number of aliphatic carboxylic acids is 1. The summed E-state index contributed by atoms with van der Waals surface area (Å²) in [6, 6.07) is -3.55. The molecule has 63 heavy (non-hydrogen) atoms. The molecule has 0 saturated carbocycles. The first-order chi connectivity index (χ1) is 29.5. The van der Waals surface area contributed by atoms with Gasteiger partial charge in [-0.05, 0) is 32.3 Å².